The monoisotopic (exact) mass is 393 g/mol. The summed E-state index contributed by atoms with van der Waals surface area (Å²) in [6.45, 7) is 0.598. The maximum atomic E-state index is 13.0. The van der Waals surface area contributed by atoms with Crippen molar-refractivity contribution in [1.29, 1.82) is 0 Å². The van der Waals surface area contributed by atoms with E-state index in [0.717, 1.165) is 16.0 Å². The molecule has 4 rings (SSSR count). The van der Waals surface area contributed by atoms with Crippen LogP contribution in [0.4, 0.5) is 9.52 Å². The topological polar surface area (TPSA) is 72.7 Å². The van der Waals surface area contributed by atoms with Gasteiger partial charge in [-0.3, -0.25) is 10.1 Å². The number of hydrogen-bond donors (Lipinski definition) is 1. The average Bonchev–Trinajstić information content (AvgIpc) is 3.36. The molecule has 2 aromatic heterocycles. The van der Waals surface area contributed by atoms with E-state index in [4.69, 9.17) is 0 Å². The molecule has 0 unspecified atom stereocenters. The number of nitrogens with zero attached hydrogens (tertiary/aromatic N) is 4. The number of nitrogens with one attached hydrogen (secondary N) is 1. The number of thiazole rings is 1. The quantitative estimate of drug-likeness (QED) is 0.541. The van der Waals surface area contributed by atoms with E-state index in [2.05, 4.69) is 20.4 Å². The molecule has 2 aromatic carbocycles. The van der Waals surface area contributed by atoms with Gasteiger partial charge in [0, 0.05) is 23.1 Å². The number of amides is 1. The largest absolute Gasteiger partial charge is 0.298 e. The molecule has 0 aliphatic rings. The van der Waals surface area contributed by atoms with E-state index in [9.17, 15) is 9.18 Å². The Bertz CT molecular complexity index is 1060. The van der Waals surface area contributed by atoms with E-state index in [1.165, 1.54) is 29.8 Å². The standard InChI is InChI=1S/C20H16FN5OS/c21-17-7-3-14(4-8-17)9-18-10-23-20(28-18)25-19(27)16-5-1-15(2-6-16)11-26-13-22-12-24-26/h1-8,10,12-13H,9,11H2,(H,23,25,27). The molecule has 4 aromatic rings. The molecular weight excluding hydrogens is 377 g/mol. The summed E-state index contributed by atoms with van der Waals surface area (Å²) in [6.07, 6.45) is 5.50. The fourth-order valence-corrected chi connectivity index (χ4v) is 3.52. The molecule has 0 fully saturated rings. The lowest BCUT2D eigenvalue weighted by Crippen LogP contribution is -2.11. The van der Waals surface area contributed by atoms with Crippen LogP contribution in [0.3, 0.4) is 0 Å². The molecule has 0 aliphatic carbocycles. The average molecular weight is 393 g/mol. The van der Waals surface area contributed by atoms with Gasteiger partial charge in [-0.25, -0.2) is 19.0 Å². The maximum absolute atomic E-state index is 13.0. The van der Waals surface area contributed by atoms with E-state index in [0.29, 0.717) is 23.7 Å². The summed E-state index contributed by atoms with van der Waals surface area (Å²) in [7, 11) is 0. The van der Waals surface area contributed by atoms with Crippen LogP contribution in [0.5, 0.6) is 0 Å². The first-order chi connectivity index (χ1) is 13.7. The van der Waals surface area contributed by atoms with Gasteiger partial charge in [0.05, 0.1) is 6.54 Å². The zero-order valence-corrected chi connectivity index (χ0v) is 15.6. The predicted octanol–water partition coefficient (Wildman–Crippen LogP) is 3.77. The Labute approximate surface area is 164 Å². The Morgan fingerprint density at radius 3 is 2.54 bits per heavy atom. The first kappa shape index (κ1) is 18.0. The van der Waals surface area contributed by atoms with Crippen LogP contribution in [0.2, 0.25) is 0 Å². The molecule has 0 radical (unpaired) electrons. The van der Waals surface area contributed by atoms with Crippen LogP contribution in [-0.4, -0.2) is 25.7 Å². The lowest BCUT2D eigenvalue weighted by atomic mass is 10.1. The zero-order valence-electron chi connectivity index (χ0n) is 14.7. The number of aromatic nitrogens is 4. The maximum Gasteiger partial charge on any atom is 0.257 e. The molecule has 8 heteroatoms. The van der Waals surface area contributed by atoms with Crippen LogP contribution >= 0.6 is 11.3 Å². The van der Waals surface area contributed by atoms with Gasteiger partial charge in [0.1, 0.15) is 18.5 Å². The molecule has 1 amide bonds. The second kappa shape index (κ2) is 8.10. The molecule has 2 heterocycles. The van der Waals surface area contributed by atoms with Crippen molar-refractivity contribution in [2.45, 2.75) is 13.0 Å². The highest BCUT2D eigenvalue weighted by Crippen LogP contribution is 2.22. The Morgan fingerprint density at radius 1 is 1.07 bits per heavy atom. The van der Waals surface area contributed by atoms with Gasteiger partial charge in [-0.05, 0) is 35.4 Å². The van der Waals surface area contributed by atoms with Gasteiger partial charge in [-0.2, -0.15) is 5.10 Å². The molecule has 0 saturated carbocycles. The number of hydrogen-bond acceptors (Lipinski definition) is 5. The molecule has 1 N–H and O–H groups in total. The van der Waals surface area contributed by atoms with Crippen molar-refractivity contribution < 1.29 is 9.18 Å². The van der Waals surface area contributed by atoms with Crippen molar-refractivity contribution in [3.63, 3.8) is 0 Å². The van der Waals surface area contributed by atoms with Gasteiger partial charge in [0.25, 0.3) is 5.91 Å². The van der Waals surface area contributed by atoms with Gasteiger partial charge in [-0.15, -0.1) is 11.3 Å². The van der Waals surface area contributed by atoms with Crippen molar-refractivity contribution in [2.24, 2.45) is 0 Å². The summed E-state index contributed by atoms with van der Waals surface area (Å²) in [5.74, 6) is -0.469. The summed E-state index contributed by atoms with van der Waals surface area (Å²) in [4.78, 5) is 21.6. The van der Waals surface area contributed by atoms with Gasteiger partial charge in [-0.1, -0.05) is 24.3 Å². The Hall–Kier alpha value is -3.39. The van der Waals surface area contributed by atoms with Crippen LogP contribution in [0.25, 0.3) is 0 Å². The van der Waals surface area contributed by atoms with Crippen molar-refractivity contribution in [1.82, 2.24) is 19.7 Å². The van der Waals surface area contributed by atoms with E-state index in [1.807, 2.05) is 12.1 Å². The molecule has 0 saturated heterocycles. The Balaban J connectivity index is 1.37. The highest BCUT2D eigenvalue weighted by atomic mass is 32.1. The Kier molecular flexibility index (Phi) is 5.20. The molecular formula is C20H16FN5OS. The molecule has 28 heavy (non-hydrogen) atoms. The zero-order chi connectivity index (χ0) is 19.3. The minimum Gasteiger partial charge on any atom is -0.298 e. The third-order valence-electron chi connectivity index (χ3n) is 4.09. The van der Waals surface area contributed by atoms with E-state index >= 15 is 0 Å². The summed E-state index contributed by atoms with van der Waals surface area (Å²) < 4.78 is 14.7. The molecule has 0 bridgehead atoms. The third-order valence-corrected chi connectivity index (χ3v) is 5.01. The summed E-state index contributed by atoms with van der Waals surface area (Å²) in [6, 6.07) is 13.7. The van der Waals surface area contributed by atoms with Gasteiger partial charge in [0.15, 0.2) is 5.13 Å². The minimum atomic E-state index is -0.256. The van der Waals surface area contributed by atoms with E-state index < -0.39 is 0 Å². The van der Waals surface area contributed by atoms with Crippen LogP contribution < -0.4 is 5.32 Å². The van der Waals surface area contributed by atoms with Crippen molar-refractivity contribution >= 4 is 22.4 Å². The summed E-state index contributed by atoms with van der Waals surface area (Å²) >= 11 is 1.41. The number of benzene rings is 2. The SMILES string of the molecule is O=C(Nc1ncc(Cc2ccc(F)cc2)s1)c1ccc(Cn2cncn2)cc1. The fraction of sp³-hybridized carbons (Fsp3) is 0.100. The Morgan fingerprint density at radius 2 is 1.82 bits per heavy atom. The van der Waals surface area contributed by atoms with E-state index in [1.54, 1.807) is 41.5 Å². The number of rotatable bonds is 6. The number of carbonyl (C=O) groups excluding carboxylic acids is 1. The minimum absolute atomic E-state index is 0.213. The predicted molar refractivity (Wildman–Crippen MR) is 105 cm³/mol. The first-order valence-corrected chi connectivity index (χ1v) is 9.39. The molecule has 0 spiro atoms. The van der Waals surface area contributed by atoms with Gasteiger partial charge in [0.2, 0.25) is 0 Å². The van der Waals surface area contributed by atoms with Crippen molar-refractivity contribution in [3.05, 3.63) is 94.8 Å². The molecule has 0 aliphatic heterocycles. The van der Waals surface area contributed by atoms with Crippen LogP contribution in [0.15, 0.2) is 67.4 Å². The second-order valence-corrected chi connectivity index (χ2v) is 7.29. The van der Waals surface area contributed by atoms with Crippen molar-refractivity contribution in [2.75, 3.05) is 5.32 Å². The van der Waals surface area contributed by atoms with Crippen LogP contribution in [0, 0.1) is 5.82 Å². The highest BCUT2D eigenvalue weighted by molar-refractivity contribution is 7.15. The number of anilines is 1. The molecule has 140 valence electrons. The third kappa shape index (κ3) is 4.47. The molecule has 0 atom stereocenters. The summed E-state index contributed by atoms with van der Waals surface area (Å²) in [5.41, 5.74) is 2.57. The number of carbonyl (C=O) groups is 1. The second-order valence-electron chi connectivity index (χ2n) is 6.18. The number of halogens is 1. The normalized spacial score (nSPS) is 10.8. The van der Waals surface area contributed by atoms with E-state index in [-0.39, 0.29) is 11.7 Å². The first-order valence-electron chi connectivity index (χ1n) is 8.57. The molecule has 6 nitrogen and oxygen atoms in total. The van der Waals surface area contributed by atoms with Gasteiger partial charge >= 0.3 is 0 Å². The lowest BCUT2D eigenvalue weighted by molar-refractivity contribution is 0.102. The summed E-state index contributed by atoms with van der Waals surface area (Å²) in [5, 5.41) is 7.42. The van der Waals surface area contributed by atoms with Gasteiger partial charge < -0.3 is 0 Å². The van der Waals surface area contributed by atoms with Crippen LogP contribution in [-0.2, 0) is 13.0 Å². The van der Waals surface area contributed by atoms with Crippen LogP contribution in [0.1, 0.15) is 26.4 Å². The fourth-order valence-electron chi connectivity index (χ4n) is 2.68. The highest BCUT2D eigenvalue weighted by Gasteiger charge is 2.10. The smallest absolute Gasteiger partial charge is 0.257 e. The lowest BCUT2D eigenvalue weighted by Gasteiger charge is -2.04. The van der Waals surface area contributed by atoms with Crippen molar-refractivity contribution in [3.8, 4) is 0 Å².